The Labute approximate surface area is 172 Å². The Hall–Kier alpha value is -2.93. The number of aromatic nitrogens is 1. The molecule has 0 aliphatic heterocycles. The van der Waals surface area contributed by atoms with E-state index in [0.717, 1.165) is 16.7 Å². The van der Waals surface area contributed by atoms with Crippen LogP contribution >= 0.6 is 0 Å². The van der Waals surface area contributed by atoms with Gasteiger partial charge in [-0.2, -0.15) is 0 Å². The molecule has 0 aliphatic rings. The second kappa shape index (κ2) is 9.52. The first-order valence-electron chi connectivity index (χ1n) is 9.23. The predicted molar refractivity (Wildman–Crippen MR) is 113 cm³/mol. The summed E-state index contributed by atoms with van der Waals surface area (Å²) in [6.07, 6.45) is 0. The highest BCUT2D eigenvalue weighted by Gasteiger charge is 2.16. The first-order valence-corrected chi connectivity index (χ1v) is 10.7. The Balaban J connectivity index is 1.57. The fourth-order valence-electron chi connectivity index (χ4n) is 2.91. The molecule has 1 atom stereocenters. The van der Waals surface area contributed by atoms with Gasteiger partial charge in [0.15, 0.2) is 0 Å². The first kappa shape index (κ1) is 20.8. The van der Waals surface area contributed by atoms with Crippen molar-refractivity contribution >= 4 is 16.7 Å². The molecule has 0 bridgehead atoms. The van der Waals surface area contributed by atoms with Crippen molar-refractivity contribution in [3.05, 3.63) is 71.1 Å². The number of hydrogen-bond acceptors (Lipinski definition) is 5. The lowest BCUT2D eigenvalue weighted by Gasteiger charge is -2.09. The van der Waals surface area contributed by atoms with Crippen LogP contribution in [0.5, 0.6) is 5.75 Å². The number of benzene rings is 2. The molecule has 1 amide bonds. The average molecular weight is 413 g/mol. The van der Waals surface area contributed by atoms with Gasteiger partial charge in [-0.15, -0.1) is 0 Å². The van der Waals surface area contributed by atoms with Gasteiger partial charge in [0.25, 0.3) is 0 Å². The lowest BCUT2D eigenvalue weighted by atomic mass is 10.1. The molecule has 0 saturated heterocycles. The van der Waals surface area contributed by atoms with Crippen molar-refractivity contribution in [2.45, 2.75) is 26.1 Å². The Morgan fingerprint density at radius 2 is 1.97 bits per heavy atom. The van der Waals surface area contributed by atoms with Crippen LogP contribution in [0.15, 0.2) is 52.9 Å². The smallest absolute Gasteiger partial charge is 0.232 e. The van der Waals surface area contributed by atoms with Crippen molar-refractivity contribution in [3.63, 3.8) is 0 Å². The van der Waals surface area contributed by atoms with E-state index in [1.54, 1.807) is 14.0 Å². The minimum Gasteiger partial charge on any atom is -0.496 e. The normalized spacial score (nSPS) is 11.8. The molecule has 0 fully saturated rings. The summed E-state index contributed by atoms with van der Waals surface area (Å²) in [5.41, 5.74) is 3.46. The van der Waals surface area contributed by atoms with Crippen molar-refractivity contribution in [2.24, 2.45) is 0 Å². The summed E-state index contributed by atoms with van der Waals surface area (Å²) >= 11 is 0. The molecule has 0 radical (unpaired) electrons. The van der Waals surface area contributed by atoms with Crippen LogP contribution < -0.4 is 10.1 Å². The highest BCUT2D eigenvalue weighted by molar-refractivity contribution is 7.84. The van der Waals surface area contributed by atoms with Gasteiger partial charge < -0.3 is 14.5 Å². The molecular formula is C22H24N2O4S. The van der Waals surface area contributed by atoms with Gasteiger partial charge in [-0.25, -0.2) is 4.98 Å². The van der Waals surface area contributed by atoms with E-state index >= 15 is 0 Å². The number of rotatable bonds is 8. The summed E-state index contributed by atoms with van der Waals surface area (Å²) in [6.45, 7) is 4.11. The first-order chi connectivity index (χ1) is 14.0. The second-order valence-corrected chi connectivity index (χ2v) is 8.17. The highest BCUT2D eigenvalue weighted by atomic mass is 32.2. The van der Waals surface area contributed by atoms with Crippen LogP contribution in [0.2, 0.25) is 0 Å². The Morgan fingerprint density at radius 3 is 2.72 bits per heavy atom. The molecule has 0 aliphatic carbocycles. The van der Waals surface area contributed by atoms with E-state index in [0.29, 0.717) is 29.6 Å². The average Bonchev–Trinajstić information content (AvgIpc) is 3.06. The molecular weight excluding hydrogens is 388 g/mol. The highest BCUT2D eigenvalue weighted by Crippen LogP contribution is 2.23. The molecule has 3 aromatic rings. The van der Waals surface area contributed by atoms with Gasteiger partial charge in [0.05, 0.1) is 18.6 Å². The topological polar surface area (TPSA) is 81.4 Å². The number of nitrogens with zero attached hydrogens (tertiary/aromatic N) is 1. The minimum atomic E-state index is -1.39. The third-order valence-corrected chi connectivity index (χ3v) is 5.60. The Morgan fingerprint density at radius 1 is 1.17 bits per heavy atom. The lowest BCUT2D eigenvalue weighted by molar-refractivity contribution is -0.118. The molecule has 1 N–H and O–H groups in total. The number of methoxy groups -OCH3 is 1. The van der Waals surface area contributed by atoms with Crippen LogP contribution in [0.3, 0.4) is 0 Å². The van der Waals surface area contributed by atoms with Crippen molar-refractivity contribution in [1.82, 2.24) is 10.3 Å². The third kappa shape index (κ3) is 5.54. The zero-order chi connectivity index (χ0) is 20.8. The van der Waals surface area contributed by atoms with Crippen LogP contribution in [0.1, 0.15) is 22.6 Å². The lowest BCUT2D eigenvalue weighted by Crippen LogP contribution is -2.28. The number of ether oxygens (including phenoxy) is 1. The maximum atomic E-state index is 12.5. The number of para-hydroxylation sites is 1. The van der Waals surface area contributed by atoms with Crippen molar-refractivity contribution in [2.75, 3.05) is 12.9 Å². The molecule has 29 heavy (non-hydrogen) atoms. The van der Waals surface area contributed by atoms with E-state index in [4.69, 9.17) is 9.15 Å². The molecule has 0 spiro atoms. The maximum Gasteiger partial charge on any atom is 0.232 e. The summed E-state index contributed by atoms with van der Waals surface area (Å²) in [6, 6.07) is 15.3. The third-order valence-electron chi connectivity index (χ3n) is 4.42. The van der Waals surface area contributed by atoms with Crippen molar-refractivity contribution in [3.8, 4) is 17.2 Å². The quantitative estimate of drug-likeness (QED) is 0.612. The van der Waals surface area contributed by atoms with E-state index in [1.807, 2.05) is 55.5 Å². The van der Waals surface area contributed by atoms with Crippen LogP contribution in [-0.2, 0) is 27.9 Å². The van der Waals surface area contributed by atoms with Crippen LogP contribution in [0.4, 0.5) is 0 Å². The van der Waals surface area contributed by atoms with Gasteiger partial charge in [0.1, 0.15) is 17.3 Å². The summed E-state index contributed by atoms with van der Waals surface area (Å²) in [5.74, 6) is 1.61. The fraction of sp³-hybridized carbons (Fsp3) is 0.273. The van der Waals surface area contributed by atoms with Gasteiger partial charge in [-0.3, -0.25) is 9.00 Å². The maximum absolute atomic E-state index is 12.5. The Bertz CT molecular complexity index is 1030. The molecule has 1 heterocycles. The van der Waals surface area contributed by atoms with Gasteiger partial charge in [0.2, 0.25) is 11.8 Å². The monoisotopic (exact) mass is 412 g/mol. The van der Waals surface area contributed by atoms with E-state index < -0.39 is 10.8 Å². The van der Waals surface area contributed by atoms with Crippen molar-refractivity contribution in [1.29, 1.82) is 0 Å². The summed E-state index contributed by atoms with van der Waals surface area (Å²) in [4.78, 5) is 16.7. The second-order valence-electron chi connectivity index (χ2n) is 6.71. The minimum absolute atomic E-state index is 0.0960. The molecule has 0 saturated carbocycles. The molecule has 7 heteroatoms. The number of aryl methyl sites for hydroxylation is 2. The van der Waals surface area contributed by atoms with Crippen LogP contribution in [-0.4, -0.2) is 28.0 Å². The van der Waals surface area contributed by atoms with Crippen molar-refractivity contribution < 1.29 is 18.2 Å². The molecule has 2 aromatic carbocycles. The fourth-order valence-corrected chi connectivity index (χ4v) is 3.98. The molecule has 152 valence electrons. The van der Waals surface area contributed by atoms with Crippen LogP contribution in [0.25, 0.3) is 11.5 Å². The molecule has 1 aromatic heterocycles. The molecule has 0 unspecified atom stereocenters. The van der Waals surface area contributed by atoms with Gasteiger partial charge in [0, 0.05) is 28.5 Å². The van der Waals surface area contributed by atoms with E-state index in [9.17, 15) is 9.00 Å². The number of oxazole rings is 1. The molecule has 6 nitrogen and oxygen atoms in total. The summed E-state index contributed by atoms with van der Waals surface area (Å²) < 4.78 is 23.5. The predicted octanol–water partition coefficient (Wildman–Crippen LogP) is 3.53. The number of nitrogens with one attached hydrogen (secondary N) is 1. The standard InChI is InChI=1S/C22H24N2O4S/c1-15-7-6-9-17(11-15)22-24-19(16(2)28-22)13-29(26)14-21(25)23-12-18-8-4-5-10-20(18)27-3/h4-11H,12-14H2,1-3H3,(H,23,25)/t29-/m1/s1. The molecule has 3 rings (SSSR count). The number of hydrogen-bond donors (Lipinski definition) is 1. The van der Waals surface area contributed by atoms with E-state index in [2.05, 4.69) is 10.3 Å². The SMILES string of the molecule is COc1ccccc1CNC(=O)C[S@](=O)Cc1nc(-c2cccc(C)c2)oc1C. The van der Waals surface area contributed by atoms with Gasteiger partial charge in [-0.05, 0) is 32.0 Å². The largest absolute Gasteiger partial charge is 0.496 e. The van der Waals surface area contributed by atoms with E-state index in [-0.39, 0.29) is 17.4 Å². The number of carbonyl (C=O) groups excluding carboxylic acids is 1. The zero-order valence-electron chi connectivity index (χ0n) is 16.7. The summed E-state index contributed by atoms with van der Waals surface area (Å²) in [7, 11) is 0.195. The van der Waals surface area contributed by atoms with Crippen LogP contribution in [0, 0.1) is 13.8 Å². The van der Waals surface area contributed by atoms with Gasteiger partial charge in [-0.1, -0.05) is 35.9 Å². The number of carbonyl (C=O) groups is 1. The number of amides is 1. The van der Waals surface area contributed by atoms with Gasteiger partial charge >= 0.3 is 0 Å². The summed E-state index contributed by atoms with van der Waals surface area (Å²) in [5, 5.41) is 2.79. The Kier molecular flexibility index (Phi) is 6.82. The van der Waals surface area contributed by atoms with E-state index in [1.165, 1.54) is 0 Å². The zero-order valence-corrected chi connectivity index (χ0v) is 17.5.